The van der Waals surface area contributed by atoms with Gasteiger partial charge in [-0.1, -0.05) is 30.3 Å². The number of ether oxygens (including phenoxy) is 1. The summed E-state index contributed by atoms with van der Waals surface area (Å²) in [5.41, 5.74) is 2.26. The Balaban J connectivity index is 2.44. The van der Waals surface area contributed by atoms with Crippen LogP contribution >= 0.6 is 0 Å². The van der Waals surface area contributed by atoms with Gasteiger partial charge < -0.3 is 10.1 Å². The fourth-order valence-electron chi connectivity index (χ4n) is 1.96. The molecule has 0 heterocycles. The van der Waals surface area contributed by atoms with Crippen molar-refractivity contribution in [3.05, 3.63) is 53.8 Å². The van der Waals surface area contributed by atoms with Crippen molar-refractivity contribution in [1.29, 1.82) is 0 Å². The minimum absolute atomic E-state index is 0.229. The number of nitrogens with one attached hydrogen (secondary N) is 1. The Bertz CT molecular complexity index is 540. The molecule has 0 aliphatic heterocycles. The molecule has 1 N–H and O–H groups in total. The van der Waals surface area contributed by atoms with Crippen molar-refractivity contribution < 1.29 is 9.13 Å². The summed E-state index contributed by atoms with van der Waals surface area (Å²) in [6, 6.07) is 12.7. The van der Waals surface area contributed by atoms with E-state index in [0.29, 0.717) is 17.9 Å². The molecule has 0 saturated heterocycles. The van der Waals surface area contributed by atoms with Crippen LogP contribution in [-0.2, 0) is 6.54 Å². The summed E-state index contributed by atoms with van der Waals surface area (Å²) in [6.07, 6.45) is 0. The highest BCUT2D eigenvalue weighted by molar-refractivity contribution is 5.71. The van der Waals surface area contributed by atoms with Crippen molar-refractivity contribution in [2.45, 2.75) is 6.54 Å². The van der Waals surface area contributed by atoms with Gasteiger partial charge in [0.2, 0.25) is 0 Å². The third kappa shape index (κ3) is 2.51. The highest BCUT2D eigenvalue weighted by Crippen LogP contribution is 2.31. The van der Waals surface area contributed by atoms with Crippen LogP contribution in [0.15, 0.2) is 42.5 Å². The zero-order valence-corrected chi connectivity index (χ0v) is 10.5. The van der Waals surface area contributed by atoms with Crippen LogP contribution in [0.1, 0.15) is 5.56 Å². The summed E-state index contributed by atoms with van der Waals surface area (Å²) in [5, 5.41) is 3.00. The maximum absolute atomic E-state index is 14.1. The van der Waals surface area contributed by atoms with Crippen molar-refractivity contribution in [1.82, 2.24) is 5.32 Å². The fourth-order valence-corrected chi connectivity index (χ4v) is 1.96. The van der Waals surface area contributed by atoms with Gasteiger partial charge in [0, 0.05) is 17.7 Å². The van der Waals surface area contributed by atoms with Gasteiger partial charge >= 0.3 is 0 Å². The monoisotopic (exact) mass is 245 g/mol. The summed E-state index contributed by atoms with van der Waals surface area (Å²) in [5.74, 6) is 0.449. The molecule has 0 bridgehead atoms. The van der Waals surface area contributed by atoms with E-state index in [2.05, 4.69) is 5.32 Å². The molecule has 0 unspecified atom stereocenters. The summed E-state index contributed by atoms with van der Waals surface area (Å²) in [6.45, 7) is 0.656. The number of benzene rings is 2. The van der Waals surface area contributed by atoms with E-state index in [1.165, 1.54) is 0 Å². The largest absolute Gasteiger partial charge is 0.496 e. The van der Waals surface area contributed by atoms with Gasteiger partial charge in [0.1, 0.15) is 11.6 Å². The molecule has 0 saturated carbocycles. The molecule has 0 amide bonds. The minimum Gasteiger partial charge on any atom is -0.496 e. The lowest BCUT2D eigenvalue weighted by atomic mass is 10.0. The fraction of sp³-hybridized carbons (Fsp3) is 0.200. The van der Waals surface area contributed by atoms with Crippen molar-refractivity contribution in [2.24, 2.45) is 0 Å². The first-order valence-corrected chi connectivity index (χ1v) is 5.82. The molecule has 2 nitrogen and oxygen atoms in total. The molecule has 2 aromatic carbocycles. The Morgan fingerprint density at radius 1 is 1.11 bits per heavy atom. The predicted molar refractivity (Wildman–Crippen MR) is 71.2 cm³/mol. The molecule has 2 rings (SSSR count). The van der Waals surface area contributed by atoms with Gasteiger partial charge in [-0.15, -0.1) is 0 Å². The van der Waals surface area contributed by atoms with Crippen LogP contribution in [0.5, 0.6) is 5.75 Å². The number of halogens is 1. The number of hydrogen-bond acceptors (Lipinski definition) is 2. The van der Waals surface area contributed by atoms with Crippen LogP contribution in [-0.4, -0.2) is 14.2 Å². The molecule has 18 heavy (non-hydrogen) atoms. The van der Waals surface area contributed by atoms with Crippen molar-refractivity contribution in [3.8, 4) is 16.9 Å². The Hall–Kier alpha value is -1.87. The maximum Gasteiger partial charge on any atom is 0.131 e. The van der Waals surface area contributed by atoms with Gasteiger partial charge in [0.25, 0.3) is 0 Å². The highest BCUT2D eigenvalue weighted by Gasteiger charge is 2.10. The van der Waals surface area contributed by atoms with Gasteiger partial charge in [0.05, 0.1) is 7.11 Å². The number of hydrogen-bond donors (Lipinski definition) is 1. The predicted octanol–water partition coefficient (Wildman–Crippen LogP) is 3.22. The summed E-state index contributed by atoms with van der Waals surface area (Å²) in [7, 11) is 3.43. The second-order valence-corrected chi connectivity index (χ2v) is 4.04. The standard InChI is InChI=1S/C15H16FNO/c1-17-10-11-7-8-12(14(16)9-11)13-5-3-4-6-15(13)18-2/h3-9,17H,10H2,1-2H3. The third-order valence-corrected chi connectivity index (χ3v) is 2.81. The topological polar surface area (TPSA) is 21.3 Å². The first kappa shape index (κ1) is 12.6. The Morgan fingerprint density at radius 3 is 2.56 bits per heavy atom. The molecule has 3 heteroatoms. The van der Waals surface area contributed by atoms with E-state index in [1.807, 2.05) is 37.4 Å². The molecular weight excluding hydrogens is 229 g/mol. The van der Waals surface area contributed by atoms with Crippen LogP contribution < -0.4 is 10.1 Å². The first-order valence-electron chi connectivity index (χ1n) is 5.82. The van der Waals surface area contributed by atoms with Crippen LogP contribution in [0.4, 0.5) is 4.39 Å². The van der Waals surface area contributed by atoms with Crippen LogP contribution in [0, 0.1) is 5.82 Å². The van der Waals surface area contributed by atoms with Crippen molar-refractivity contribution in [3.63, 3.8) is 0 Å². The number of methoxy groups -OCH3 is 1. The van der Waals surface area contributed by atoms with E-state index in [4.69, 9.17) is 4.74 Å². The summed E-state index contributed by atoms with van der Waals surface area (Å²) in [4.78, 5) is 0. The first-order chi connectivity index (χ1) is 8.76. The maximum atomic E-state index is 14.1. The second kappa shape index (κ2) is 5.65. The minimum atomic E-state index is -0.229. The van der Waals surface area contributed by atoms with Crippen molar-refractivity contribution >= 4 is 0 Å². The lowest BCUT2D eigenvalue weighted by molar-refractivity contribution is 0.416. The highest BCUT2D eigenvalue weighted by atomic mass is 19.1. The quantitative estimate of drug-likeness (QED) is 0.893. The van der Waals surface area contributed by atoms with Crippen LogP contribution in [0.25, 0.3) is 11.1 Å². The average Bonchev–Trinajstić information content (AvgIpc) is 2.39. The SMILES string of the molecule is CNCc1ccc(-c2ccccc2OC)c(F)c1. The van der Waals surface area contributed by atoms with E-state index >= 15 is 0 Å². The molecule has 0 radical (unpaired) electrons. The molecular formula is C15H16FNO. The van der Waals surface area contributed by atoms with E-state index in [1.54, 1.807) is 19.2 Å². The van der Waals surface area contributed by atoms with E-state index in [0.717, 1.165) is 11.1 Å². The van der Waals surface area contributed by atoms with Crippen LogP contribution in [0.3, 0.4) is 0 Å². The van der Waals surface area contributed by atoms with E-state index < -0.39 is 0 Å². The lowest BCUT2D eigenvalue weighted by Gasteiger charge is -2.10. The zero-order valence-electron chi connectivity index (χ0n) is 10.5. The van der Waals surface area contributed by atoms with Gasteiger partial charge in [-0.3, -0.25) is 0 Å². The van der Waals surface area contributed by atoms with Crippen molar-refractivity contribution in [2.75, 3.05) is 14.2 Å². The normalized spacial score (nSPS) is 10.4. The molecule has 0 aliphatic carbocycles. The average molecular weight is 245 g/mol. The molecule has 2 aromatic rings. The Labute approximate surface area is 106 Å². The van der Waals surface area contributed by atoms with Gasteiger partial charge in [-0.25, -0.2) is 4.39 Å². The number of rotatable bonds is 4. The van der Waals surface area contributed by atoms with Crippen LogP contribution in [0.2, 0.25) is 0 Å². The van der Waals surface area contributed by atoms with E-state index in [-0.39, 0.29) is 5.82 Å². The Kier molecular flexibility index (Phi) is 3.95. The molecule has 0 fully saturated rings. The van der Waals surface area contributed by atoms with Gasteiger partial charge in [0.15, 0.2) is 0 Å². The lowest BCUT2D eigenvalue weighted by Crippen LogP contribution is -2.05. The van der Waals surface area contributed by atoms with Gasteiger partial charge in [-0.05, 0) is 24.7 Å². The van der Waals surface area contributed by atoms with Gasteiger partial charge in [-0.2, -0.15) is 0 Å². The Morgan fingerprint density at radius 2 is 1.89 bits per heavy atom. The van der Waals surface area contributed by atoms with E-state index in [9.17, 15) is 4.39 Å². The number of para-hydroxylation sites is 1. The second-order valence-electron chi connectivity index (χ2n) is 4.04. The summed E-state index contributed by atoms with van der Waals surface area (Å²) >= 11 is 0. The molecule has 0 aliphatic rings. The molecule has 0 atom stereocenters. The smallest absolute Gasteiger partial charge is 0.131 e. The molecule has 94 valence electrons. The molecule has 0 spiro atoms. The third-order valence-electron chi connectivity index (χ3n) is 2.81. The molecule has 0 aromatic heterocycles. The zero-order chi connectivity index (χ0) is 13.0. The summed E-state index contributed by atoms with van der Waals surface area (Å²) < 4.78 is 19.3.